The van der Waals surface area contributed by atoms with E-state index in [0.717, 1.165) is 49.8 Å². The molecule has 0 unspecified atom stereocenters. The molecule has 20 heavy (non-hydrogen) atoms. The second-order valence-corrected chi connectivity index (χ2v) is 5.48. The second kappa shape index (κ2) is 6.81. The molecular formula is C15H25N3O2. The molecule has 0 saturated carbocycles. The van der Waals surface area contributed by atoms with Gasteiger partial charge in [-0.1, -0.05) is 0 Å². The fraction of sp³-hybridized carbons (Fsp3) is 0.600. The fourth-order valence-electron chi connectivity index (χ4n) is 2.50. The van der Waals surface area contributed by atoms with Crippen molar-refractivity contribution in [1.29, 1.82) is 0 Å². The quantitative estimate of drug-likeness (QED) is 0.792. The predicted molar refractivity (Wildman–Crippen MR) is 82.4 cm³/mol. The van der Waals surface area contributed by atoms with Crippen LogP contribution in [0.5, 0.6) is 5.75 Å². The molecule has 0 amide bonds. The van der Waals surface area contributed by atoms with Crippen molar-refractivity contribution in [2.75, 3.05) is 50.0 Å². The molecule has 1 aliphatic rings. The average Bonchev–Trinajstić information content (AvgIpc) is 2.38. The zero-order valence-electron chi connectivity index (χ0n) is 12.4. The molecule has 0 spiro atoms. The molecular weight excluding hydrogens is 254 g/mol. The van der Waals surface area contributed by atoms with Gasteiger partial charge in [-0.05, 0) is 19.9 Å². The van der Waals surface area contributed by atoms with E-state index in [1.165, 1.54) is 0 Å². The van der Waals surface area contributed by atoms with Crippen LogP contribution in [0.4, 0.5) is 11.4 Å². The Morgan fingerprint density at radius 2 is 1.90 bits per heavy atom. The van der Waals surface area contributed by atoms with E-state index in [1.54, 1.807) is 0 Å². The molecule has 1 fully saturated rings. The van der Waals surface area contributed by atoms with Crippen molar-refractivity contribution in [3.63, 3.8) is 0 Å². The maximum absolute atomic E-state index is 8.97. The third-order valence-electron chi connectivity index (χ3n) is 3.44. The van der Waals surface area contributed by atoms with Crippen LogP contribution in [0.2, 0.25) is 0 Å². The summed E-state index contributed by atoms with van der Waals surface area (Å²) in [5, 5.41) is 8.97. The number of aliphatic hydroxyl groups is 1. The van der Waals surface area contributed by atoms with Crippen LogP contribution in [-0.2, 0) is 0 Å². The molecule has 5 nitrogen and oxygen atoms in total. The minimum Gasteiger partial charge on any atom is -0.491 e. The van der Waals surface area contributed by atoms with Crippen LogP contribution in [0.3, 0.4) is 0 Å². The van der Waals surface area contributed by atoms with Crippen LogP contribution in [0.1, 0.15) is 13.8 Å². The van der Waals surface area contributed by atoms with Crippen molar-refractivity contribution in [3.8, 4) is 5.75 Å². The number of aliphatic hydroxyl groups excluding tert-OH is 1. The van der Waals surface area contributed by atoms with E-state index in [1.807, 2.05) is 26.0 Å². The van der Waals surface area contributed by atoms with Crippen molar-refractivity contribution in [2.24, 2.45) is 0 Å². The molecule has 0 aromatic heterocycles. The summed E-state index contributed by atoms with van der Waals surface area (Å²) in [5.41, 5.74) is 7.81. The lowest BCUT2D eigenvalue weighted by Crippen LogP contribution is -2.47. The largest absolute Gasteiger partial charge is 0.491 e. The van der Waals surface area contributed by atoms with E-state index in [0.29, 0.717) is 0 Å². The van der Waals surface area contributed by atoms with Gasteiger partial charge in [0.1, 0.15) is 5.75 Å². The standard InChI is InChI=1S/C15H25N3O2/c1-12(2)20-15-10-13(16)9-14(11-15)18-5-3-17(4-6-18)7-8-19/h9-12,19H,3-8,16H2,1-2H3. The smallest absolute Gasteiger partial charge is 0.123 e. The number of ether oxygens (including phenoxy) is 1. The summed E-state index contributed by atoms with van der Waals surface area (Å²) < 4.78 is 5.74. The van der Waals surface area contributed by atoms with Crippen molar-refractivity contribution < 1.29 is 9.84 Å². The number of β-amino-alcohol motifs (C(OH)–C–C–N with tert-alkyl or cyclic N) is 1. The summed E-state index contributed by atoms with van der Waals surface area (Å²) in [6.45, 7) is 8.84. The lowest BCUT2D eigenvalue weighted by molar-refractivity contribution is 0.188. The van der Waals surface area contributed by atoms with Crippen LogP contribution >= 0.6 is 0 Å². The summed E-state index contributed by atoms with van der Waals surface area (Å²) in [7, 11) is 0. The summed E-state index contributed by atoms with van der Waals surface area (Å²) >= 11 is 0. The second-order valence-electron chi connectivity index (χ2n) is 5.48. The number of hydrogen-bond acceptors (Lipinski definition) is 5. The number of piperazine rings is 1. The number of nitrogen functional groups attached to an aromatic ring is 1. The molecule has 5 heteroatoms. The van der Waals surface area contributed by atoms with Crippen LogP contribution in [0, 0.1) is 0 Å². The van der Waals surface area contributed by atoms with E-state index in [2.05, 4.69) is 15.9 Å². The van der Waals surface area contributed by atoms with Crippen LogP contribution in [0.15, 0.2) is 18.2 Å². The molecule has 1 saturated heterocycles. The molecule has 3 N–H and O–H groups in total. The van der Waals surface area contributed by atoms with E-state index in [-0.39, 0.29) is 12.7 Å². The molecule has 1 aromatic carbocycles. The highest BCUT2D eigenvalue weighted by Gasteiger charge is 2.17. The number of hydrogen-bond donors (Lipinski definition) is 2. The first-order chi connectivity index (χ1) is 9.58. The first-order valence-corrected chi connectivity index (χ1v) is 7.24. The molecule has 2 rings (SSSR count). The van der Waals surface area contributed by atoms with E-state index < -0.39 is 0 Å². The topological polar surface area (TPSA) is 62.0 Å². The van der Waals surface area contributed by atoms with E-state index in [9.17, 15) is 0 Å². The molecule has 1 aromatic rings. The summed E-state index contributed by atoms with van der Waals surface area (Å²) in [6.07, 6.45) is 0.144. The molecule has 1 heterocycles. The third-order valence-corrected chi connectivity index (χ3v) is 3.44. The maximum Gasteiger partial charge on any atom is 0.123 e. The van der Waals surface area contributed by atoms with Crippen molar-refractivity contribution in [3.05, 3.63) is 18.2 Å². The highest BCUT2D eigenvalue weighted by Crippen LogP contribution is 2.27. The third kappa shape index (κ3) is 4.02. The Kier molecular flexibility index (Phi) is 5.09. The monoisotopic (exact) mass is 279 g/mol. The van der Waals surface area contributed by atoms with Gasteiger partial charge in [0.15, 0.2) is 0 Å². The van der Waals surface area contributed by atoms with Gasteiger partial charge in [0.25, 0.3) is 0 Å². The number of rotatable bonds is 5. The zero-order chi connectivity index (χ0) is 14.5. The highest BCUT2D eigenvalue weighted by atomic mass is 16.5. The van der Waals surface area contributed by atoms with Gasteiger partial charge < -0.3 is 20.5 Å². The Bertz CT molecular complexity index is 429. The minimum atomic E-state index is 0.144. The van der Waals surface area contributed by atoms with Crippen molar-refractivity contribution >= 4 is 11.4 Å². The Balaban J connectivity index is 2.03. The number of benzene rings is 1. The summed E-state index contributed by atoms with van der Waals surface area (Å²) in [6, 6.07) is 5.92. The number of nitrogens with zero attached hydrogens (tertiary/aromatic N) is 2. The number of nitrogens with two attached hydrogens (primary N) is 1. The normalized spacial score (nSPS) is 16.7. The first kappa shape index (κ1) is 14.9. The van der Waals surface area contributed by atoms with Gasteiger partial charge in [-0.25, -0.2) is 0 Å². The molecule has 0 atom stereocenters. The van der Waals surface area contributed by atoms with Crippen molar-refractivity contribution in [1.82, 2.24) is 4.90 Å². The lowest BCUT2D eigenvalue weighted by Gasteiger charge is -2.36. The number of anilines is 2. The van der Waals surface area contributed by atoms with Crippen molar-refractivity contribution in [2.45, 2.75) is 20.0 Å². The van der Waals surface area contributed by atoms with Gasteiger partial charge in [0.2, 0.25) is 0 Å². The average molecular weight is 279 g/mol. The fourth-order valence-corrected chi connectivity index (χ4v) is 2.50. The molecule has 112 valence electrons. The first-order valence-electron chi connectivity index (χ1n) is 7.24. The van der Waals surface area contributed by atoms with E-state index >= 15 is 0 Å². The van der Waals surface area contributed by atoms with Gasteiger partial charge in [-0.3, -0.25) is 4.90 Å². The van der Waals surface area contributed by atoms with Gasteiger partial charge in [-0.15, -0.1) is 0 Å². The Morgan fingerprint density at radius 1 is 1.20 bits per heavy atom. The molecule has 0 aliphatic carbocycles. The van der Waals surface area contributed by atoms with Gasteiger partial charge in [0.05, 0.1) is 12.7 Å². The van der Waals surface area contributed by atoms with Gasteiger partial charge in [-0.2, -0.15) is 0 Å². The predicted octanol–water partition coefficient (Wildman–Crippen LogP) is 1.17. The van der Waals surface area contributed by atoms with Crippen LogP contribution in [-0.4, -0.2) is 55.4 Å². The summed E-state index contributed by atoms with van der Waals surface area (Å²) in [4.78, 5) is 4.59. The Labute approximate surface area is 120 Å². The SMILES string of the molecule is CC(C)Oc1cc(N)cc(N2CCN(CCO)CC2)c1. The zero-order valence-corrected chi connectivity index (χ0v) is 12.4. The van der Waals surface area contributed by atoms with E-state index in [4.69, 9.17) is 15.6 Å². The minimum absolute atomic E-state index is 0.144. The molecule has 1 aliphatic heterocycles. The summed E-state index contributed by atoms with van der Waals surface area (Å²) in [5.74, 6) is 0.827. The maximum atomic E-state index is 8.97. The Hall–Kier alpha value is -1.46. The molecule has 0 radical (unpaired) electrons. The van der Waals surface area contributed by atoms with Crippen LogP contribution < -0.4 is 15.4 Å². The van der Waals surface area contributed by atoms with Gasteiger partial charge in [0, 0.05) is 56.2 Å². The Morgan fingerprint density at radius 3 is 2.50 bits per heavy atom. The lowest BCUT2D eigenvalue weighted by atomic mass is 10.2. The highest BCUT2D eigenvalue weighted by molar-refractivity contribution is 5.60. The van der Waals surface area contributed by atoms with Crippen LogP contribution in [0.25, 0.3) is 0 Å². The molecule has 0 bridgehead atoms. The van der Waals surface area contributed by atoms with Gasteiger partial charge >= 0.3 is 0 Å².